The van der Waals surface area contributed by atoms with Crippen LogP contribution in [-0.4, -0.2) is 56.2 Å². The van der Waals surface area contributed by atoms with Gasteiger partial charge in [-0.15, -0.1) is 0 Å². The summed E-state index contributed by atoms with van der Waals surface area (Å²) in [7, 11) is 2.05. The van der Waals surface area contributed by atoms with E-state index in [2.05, 4.69) is 51.5 Å². The van der Waals surface area contributed by atoms with Gasteiger partial charge in [0.25, 0.3) is 0 Å². The molecule has 0 aromatic rings. The van der Waals surface area contributed by atoms with Crippen LogP contribution in [0.4, 0.5) is 0 Å². The Hall–Kier alpha value is 0.420. The molecule has 0 aliphatic rings. The third-order valence-corrected chi connectivity index (χ3v) is 19.8. The van der Waals surface area contributed by atoms with Gasteiger partial charge in [-0.3, -0.25) is 0 Å². The van der Waals surface area contributed by atoms with E-state index >= 15 is 0 Å². The fourth-order valence-electron chi connectivity index (χ4n) is 2.73. The molecule has 0 aliphatic carbocycles. The SMILES string of the molecule is CC[N](CC)[Ta](=[N]C)([N](CC)CC)[N](CC)CC. The Morgan fingerprint density at radius 3 is 0.944 bits per heavy atom. The van der Waals surface area contributed by atoms with E-state index in [1.165, 1.54) is 0 Å². The molecule has 110 valence electrons. The van der Waals surface area contributed by atoms with Crippen molar-refractivity contribution in [3.8, 4) is 0 Å². The van der Waals surface area contributed by atoms with Gasteiger partial charge < -0.3 is 0 Å². The maximum absolute atomic E-state index is 5.04. The van der Waals surface area contributed by atoms with Crippen molar-refractivity contribution in [3.63, 3.8) is 0 Å². The molecule has 0 radical (unpaired) electrons. The van der Waals surface area contributed by atoms with Gasteiger partial charge in [0.2, 0.25) is 0 Å². The first kappa shape index (κ1) is 18.4. The number of rotatable bonds is 9. The van der Waals surface area contributed by atoms with Crippen LogP contribution >= 0.6 is 0 Å². The summed E-state index contributed by atoms with van der Waals surface area (Å²) >= 11 is -3.00. The Morgan fingerprint density at radius 1 is 0.611 bits per heavy atom. The number of hydrogen-bond acceptors (Lipinski definition) is 1. The van der Waals surface area contributed by atoms with Crippen molar-refractivity contribution in [2.24, 2.45) is 3.34 Å². The first-order chi connectivity index (χ1) is 8.62. The van der Waals surface area contributed by atoms with Crippen LogP contribution < -0.4 is 0 Å². The zero-order valence-electron chi connectivity index (χ0n) is 13.5. The summed E-state index contributed by atoms with van der Waals surface area (Å²) in [5.41, 5.74) is 0. The Kier molecular flexibility index (Phi) is 9.56. The third-order valence-electron chi connectivity index (χ3n) is 3.60. The molecule has 0 saturated heterocycles. The van der Waals surface area contributed by atoms with E-state index in [-0.39, 0.29) is 0 Å². The second-order valence-corrected chi connectivity index (χ2v) is 15.5. The molecule has 0 unspecified atom stereocenters. The van der Waals surface area contributed by atoms with Gasteiger partial charge in [-0.2, -0.15) is 0 Å². The fourth-order valence-corrected chi connectivity index (χ4v) is 17.5. The van der Waals surface area contributed by atoms with Crippen molar-refractivity contribution >= 4 is 0 Å². The molecular weight excluding hydrogens is 393 g/mol. The van der Waals surface area contributed by atoms with Crippen LogP contribution in [0.5, 0.6) is 0 Å². The van der Waals surface area contributed by atoms with E-state index in [1.807, 2.05) is 7.05 Å². The molecule has 0 amide bonds. The molecule has 4 nitrogen and oxygen atoms in total. The van der Waals surface area contributed by atoms with E-state index in [0.717, 1.165) is 39.3 Å². The molecule has 0 aromatic heterocycles. The summed E-state index contributed by atoms with van der Waals surface area (Å²) in [6, 6.07) is 0. The summed E-state index contributed by atoms with van der Waals surface area (Å²) in [6.45, 7) is 20.3. The van der Waals surface area contributed by atoms with E-state index in [4.69, 9.17) is 3.34 Å². The maximum atomic E-state index is 5.04. The second kappa shape index (κ2) is 9.34. The van der Waals surface area contributed by atoms with Crippen LogP contribution in [-0.2, 0) is 17.7 Å². The Bertz CT molecular complexity index is 218. The van der Waals surface area contributed by atoms with Crippen molar-refractivity contribution in [1.29, 1.82) is 0 Å². The third kappa shape index (κ3) is 3.50. The molecular formula is C13H33N4Ta. The zero-order chi connectivity index (χ0) is 14.2. The summed E-state index contributed by atoms with van der Waals surface area (Å²) in [5.74, 6) is 0. The van der Waals surface area contributed by atoms with Crippen molar-refractivity contribution in [2.45, 2.75) is 41.5 Å². The molecule has 0 N–H and O–H groups in total. The molecule has 18 heavy (non-hydrogen) atoms. The van der Waals surface area contributed by atoms with Gasteiger partial charge in [0.05, 0.1) is 0 Å². The fraction of sp³-hybridized carbons (Fsp3) is 1.00. The van der Waals surface area contributed by atoms with Gasteiger partial charge >= 0.3 is 119 Å². The molecule has 0 aliphatic heterocycles. The first-order valence-electron chi connectivity index (χ1n) is 7.39. The summed E-state index contributed by atoms with van der Waals surface area (Å²) in [6.07, 6.45) is 0. The number of nitrogens with zero attached hydrogens (tertiary/aromatic N) is 4. The van der Waals surface area contributed by atoms with E-state index in [1.54, 1.807) is 0 Å². The minimum absolute atomic E-state index is 1.11. The van der Waals surface area contributed by atoms with Crippen molar-refractivity contribution < 1.29 is 17.7 Å². The topological polar surface area (TPSA) is 22.1 Å². The van der Waals surface area contributed by atoms with Crippen LogP contribution in [0.15, 0.2) is 3.34 Å². The molecule has 0 saturated carbocycles. The molecule has 0 rings (SSSR count). The normalized spacial score (nSPS) is 12.8. The average molecular weight is 426 g/mol. The van der Waals surface area contributed by atoms with Crippen molar-refractivity contribution in [3.05, 3.63) is 0 Å². The molecule has 0 spiro atoms. The van der Waals surface area contributed by atoms with Gasteiger partial charge in [0.15, 0.2) is 0 Å². The summed E-state index contributed by atoms with van der Waals surface area (Å²) in [4.78, 5) is 0. The van der Waals surface area contributed by atoms with Crippen molar-refractivity contribution in [2.75, 3.05) is 46.3 Å². The van der Waals surface area contributed by atoms with Gasteiger partial charge in [0, 0.05) is 0 Å². The molecule has 0 fully saturated rings. The molecule has 5 heteroatoms. The van der Waals surface area contributed by atoms with Crippen LogP contribution in [0.2, 0.25) is 0 Å². The van der Waals surface area contributed by atoms with Gasteiger partial charge in [-0.25, -0.2) is 0 Å². The van der Waals surface area contributed by atoms with Gasteiger partial charge in [-0.05, 0) is 0 Å². The van der Waals surface area contributed by atoms with Gasteiger partial charge in [-0.1, -0.05) is 0 Å². The molecule has 0 bridgehead atoms. The Morgan fingerprint density at radius 2 is 0.833 bits per heavy atom. The minimum atomic E-state index is -3.00. The summed E-state index contributed by atoms with van der Waals surface area (Å²) < 4.78 is 13.0. The van der Waals surface area contributed by atoms with Crippen LogP contribution in [0.3, 0.4) is 0 Å². The quantitative estimate of drug-likeness (QED) is 0.566. The van der Waals surface area contributed by atoms with E-state index in [0.29, 0.717) is 0 Å². The monoisotopic (exact) mass is 426 g/mol. The average Bonchev–Trinajstić information content (AvgIpc) is 2.41. The first-order valence-corrected chi connectivity index (χ1v) is 13.1. The Labute approximate surface area is 119 Å². The molecule has 0 heterocycles. The van der Waals surface area contributed by atoms with Gasteiger partial charge in [0.1, 0.15) is 0 Å². The van der Waals surface area contributed by atoms with Crippen LogP contribution in [0.1, 0.15) is 41.5 Å². The van der Waals surface area contributed by atoms with E-state index < -0.39 is 17.7 Å². The van der Waals surface area contributed by atoms with Crippen LogP contribution in [0, 0.1) is 0 Å². The molecule has 0 aromatic carbocycles. The standard InChI is InChI=1S/3C4H10N.CH3N.Ta/c3*1-3-5-4-2;1-2;/h3*3-4H2,1-2H3;1H3;/q3*-1;;+3. The van der Waals surface area contributed by atoms with Crippen LogP contribution in [0.25, 0.3) is 0 Å². The zero-order valence-corrected chi connectivity index (χ0v) is 16.7. The predicted octanol–water partition coefficient (Wildman–Crippen LogP) is 2.72. The number of hydrogen-bond donors (Lipinski definition) is 0. The molecule has 0 atom stereocenters. The predicted molar refractivity (Wildman–Crippen MR) is 77.1 cm³/mol. The van der Waals surface area contributed by atoms with E-state index in [9.17, 15) is 0 Å². The second-order valence-electron chi connectivity index (χ2n) is 4.15. The van der Waals surface area contributed by atoms with Crippen molar-refractivity contribution in [1.82, 2.24) is 9.91 Å². The summed E-state index contributed by atoms with van der Waals surface area (Å²) in [5, 5.41) is 0. The Balaban J connectivity index is 5.74.